The van der Waals surface area contributed by atoms with E-state index in [1.165, 1.54) is 36.5 Å². The SMILES string of the molecule is Cc1nc(CN2CC(CC(C)C)NCC2(C)C2CC2)cs1. The van der Waals surface area contributed by atoms with Crippen LogP contribution in [0.25, 0.3) is 0 Å². The zero-order chi connectivity index (χ0) is 15.0. The fourth-order valence-electron chi connectivity index (χ4n) is 3.76. The third-order valence-corrected chi connectivity index (χ3v) is 5.97. The molecule has 1 aliphatic heterocycles. The van der Waals surface area contributed by atoms with Crippen LogP contribution in [0.15, 0.2) is 5.38 Å². The van der Waals surface area contributed by atoms with E-state index in [2.05, 4.69) is 43.3 Å². The summed E-state index contributed by atoms with van der Waals surface area (Å²) in [7, 11) is 0. The van der Waals surface area contributed by atoms with Crippen LogP contribution in [-0.4, -0.2) is 34.6 Å². The molecule has 3 rings (SSSR count). The van der Waals surface area contributed by atoms with Crippen LogP contribution in [0.5, 0.6) is 0 Å². The van der Waals surface area contributed by atoms with Crippen molar-refractivity contribution in [1.82, 2.24) is 15.2 Å². The van der Waals surface area contributed by atoms with Gasteiger partial charge < -0.3 is 5.32 Å². The van der Waals surface area contributed by atoms with Gasteiger partial charge in [0.2, 0.25) is 0 Å². The molecule has 1 saturated carbocycles. The summed E-state index contributed by atoms with van der Waals surface area (Å²) in [6.07, 6.45) is 4.08. The number of piperazine rings is 1. The molecule has 0 amide bonds. The molecular weight excluding hydrogens is 278 g/mol. The first-order valence-electron chi connectivity index (χ1n) is 8.37. The molecule has 2 fully saturated rings. The molecule has 3 nitrogen and oxygen atoms in total. The molecule has 0 spiro atoms. The van der Waals surface area contributed by atoms with E-state index in [1.807, 2.05) is 0 Å². The molecule has 1 aromatic rings. The van der Waals surface area contributed by atoms with Crippen LogP contribution in [0, 0.1) is 18.8 Å². The van der Waals surface area contributed by atoms with Gasteiger partial charge in [0.05, 0.1) is 10.7 Å². The topological polar surface area (TPSA) is 28.2 Å². The molecule has 0 bridgehead atoms. The zero-order valence-corrected chi connectivity index (χ0v) is 14.7. The molecule has 118 valence electrons. The average Bonchev–Trinajstić information content (AvgIpc) is 3.18. The summed E-state index contributed by atoms with van der Waals surface area (Å²) in [4.78, 5) is 7.42. The Labute approximate surface area is 133 Å². The number of thiazole rings is 1. The summed E-state index contributed by atoms with van der Waals surface area (Å²) >= 11 is 1.78. The third-order valence-electron chi connectivity index (χ3n) is 5.14. The molecule has 1 aliphatic carbocycles. The molecule has 1 aromatic heterocycles. The Hall–Kier alpha value is -0.450. The van der Waals surface area contributed by atoms with Gasteiger partial charge in [-0.05, 0) is 44.9 Å². The number of rotatable bonds is 5. The standard InChI is InChI=1S/C17H29N3S/c1-12(2)7-15-8-20(9-16-10-21-13(3)19-16)17(4,11-18-15)14-5-6-14/h10,12,14-15,18H,5-9,11H2,1-4H3. The van der Waals surface area contributed by atoms with Crippen LogP contribution in [0.4, 0.5) is 0 Å². The first-order chi connectivity index (χ1) is 9.97. The second-order valence-electron chi connectivity index (χ2n) is 7.58. The van der Waals surface area contributed by atoms with Gasteiger partial charge in [0.1, 0.15) is 0 Å². The Morgan fingerprint density at radius 3 is 2.81 bits per heavy atom. The van der Waals surface area contributed by atoms with Crippen molar-refractivity contribution in [2.24, 2.45) is 11.8 Å². The Balaban J connectivity index is 1.73. The summed E-state index contributed by atoms with van der Waals surface area (Å²) in [5.74, 6) is 1.64. The Kier molecular flexibility index (Phi) is 4.40. The second kappa shape index (κ2) is 5.98. The second-order valence-corrected chi connectivity index (χ2v) is 8.64. The monoisotopic (exact) mass is 307 g/mol. The lowest BCUT2D eigenvalue weighted by Gasteiger charge is -2.49. The predicted octanol–water partition coefficient (Wildman–Crippen LogP) is 3.44. The van der Waals surface area contributed by atoms with Crippen LogP contribution in [0.3, 0.4) is 0 Å². The van der Waals surface area contributed by atoms with E-state index in [4.69, 9.17) is 4.98 Å². The van der Waals surface area contributed by atoms with Crippen molar-refractivity contribution in [3.05, 3.63) is 16.1 Å². The molecule has 2 heterocycles. The number of nitrogens with zero attached hydrogens (tertiary/aromatic N) is 2. The van der Waals surface area contributed by atoms with Gasteiger partial charge >= 0.3 is 0 Å². The summed E-state index contributed by atoms with van der Waals surface area (Å²) in [5.41, 5.74) is 1.58. The molecular formula is C17H29N3S. The molecule has 0 radical (unpaired) electrons. The normalized spacial score (nSPS) is 31.0. The minimum absolute atomic E-state index is 0.324. The molecule has 2 aliphatic rings. The van der Waals surface area contributed by atoms with E-state index in [0.29, 0.717) is 11.6 Å². The molecule has 1 saturated heterocycles. The van der Waals surface area contributed by atoms with Crippen molar-refractivity contribution >= 4 is 11.3 Å². The van der Waals surface area contributed by atoms with Gasteiger partial charge in [-0.2, -0.15) is 0 Å². The summed E-state index contributed by atoms with van der Waals surface area (Å²) in [5, 5.41) is 7.25. The number of aryl methyl sites for hydroxylation is 1. The molecule has 0 aromatic carbocycles. The first-order valence-corrected chi connectivity index (χ1v) is 9.25. The zero-order valence-electron chi connectivity index (χ0n) is 13.9. The van der Waals surface area contributed by atoms with Crippen molar-refractivity contribution in [2.45, 2.75) is 65.1 Å². The number of hydrogen-bond donors (Lipinski definition) is 1. The van der Waals surface area contributed by atoms with Gasteiger partial charge in [0.25, 0.3) is 0 Å². The number of aromatic nitrogens is 1. The highest BCUT2D eigenvalue weighted by molar-refractivity contribution is 7.09. The summed E-state index contributed by atoms with van der Waals surface area (Å²) in [6, 6.07) is 0.636. The van der Waals surface area contributed by atoms with E-state index in [0.717, 1.165) is 24.9 Å². The van der Waals surface area contributed by atoms with Crippen LogP contribution in [-0.2, 0) is 6.54 Å². The highest BCUT2D eigenvalue weighted by Crippen LogP contribution is 2.44. The highest BCUT2D eigenvalue weighted by Gasteiger charge is 2.48. The Bertz CT molecular complexity index is 480. The van der Waals surface area contributed by atoms with Gasteiger partial charge in [-0.15, -0.1) is 11.3 Å². The summed E-state index contributed by atoms with van der Waals surface area (Å²) < 4.78 is 0. The van der Waals surface area contributed by atoms with E-state index in [-0.39, 0.29) is 0 Å². The van der Waals surface area contributed by atoms with E-state index in [1.54, 1.807) is 11.3 Å². The van der Waals surface area contributed by atoms with Gasteiger partial charge in [0.15, 0.2) is 0 Å². The van der Waals surface area contributed by atoms with Crippen molar-refractivity contribution in [3.63, 3.8) is 0 Å². The Morgan fingerprint density at radius 1 is 1.48 bits per heavy atom. The van der Waals surface area contributed by atoms with Gasteiger partial charge in [-0.1, -0.05) is 13.8 Å². The maximum Gasteiger partial charge on any atom is 0.0897 e. The predicted molar refractivity (Wildman–Crippen MR) is 89.6 cm³/mol. The van der Waals surface area contributed by atoms with Gasteiger partial charge in [0, 0.05) is 36.6 Å². The van der Waals surface area contributed by atoms with Crippen LogP contribution < -0.4 is 5.32 Å². The van der Waals surface area contributed by atoms with E-state index in [9.17, 15) is 0 Å². The molecule has 2 atom stereocenters. The lowest BCUT2D eigenvalue weighted by atomic mass is 9.87. The summed E-state index contributed by atoms with van der Waals surface area (Å²) in [6.45, 7) is 12.5. The number of nitrogens with one attached hydrogen (secondary N) is 1. The fourth-order valence-corrected chi connectivity index (χ4v) is 4.36. The van der Waals surface area contributed by atoms with Gasteiger partial charge in [-0.25, -0.2) is 4.98 Å². The lowest BCUT2D eigenvalue weighted by Crippen LogP contribution is -2.64. The maximum atomic E-state index is 4.69. The largest absolute Gasteiger partial charge is 0.311 e. The maximum absolute atomic E-state index is 4.69. The quantitative estimate of drug-likeness (QED) is 0.903. The van der Waals surface area contributed by atoms with Gasteiger partial charge in [-0.3, -0.25) is 4.90 Å². The average molecular weight is 308 g/mol. The highest BCUT2D eigenvalue weighted by atomic mass is 32.1. The molecule has 21 heavy (non-hydrogen) atoms. The van der Waals surface area contributed by atoms with Crippen molar-refractivity contribution < 1.29 is 0 Å². The van der Waals surface area contributed by atoms with Crippen molar-refractivity contribution in [2.75, 3.05) is 13.1 Å². The van der Waals surface area contributed by atoms with Crippen LogP contribution in [0.1, 0.15) is 50.7 Å². The minimum atomic E-state index is 0.324. The van der Waals surface area contributed by atoms with Crippen molar-refractivity contribution in [1.29, 1.82) is 0 Å². The smallest absolute Gasteiger partial charge is 0.0897 e. The lowest BCUT2D eigenvalue weighted by molar-refractivity contribution is 0.0229. The molecule has 2 unspecified atom stereocenters. The first kappa shape index (κ1) is 15.4. The molecule has 4 heteroatoms. The van der Waals surface area contributed by atoms with Crippen LogP contribution >= 0.6 is 11.3 Å². The molecule has 1 N–H and O–H groups in total. The van der Waals surface area contributed by atoms with E-state index < -0.39 is 0 Å². The Morgan fingerprint density at radius 2 is 2.24 bits per heavy atom. The fraction of sp³-hybridized carbons (Fsp3) is 0.824. The minimum Gasteiger partial charge on any atom is -0.311 e. The third kappa shape index (κ3) is 3.49. The van der Waals surface area contributed by atoms with Crippen LogP contribution in [0.2, 0.25) is 0 Å². The van der Waals surface area contributed by atoms with Crippen molar-refractivity contribution in [3.8, 4) is 0 Å². The van der Waals surface area contributed by atoms with E-state index >= 15 is 0 Å². The number of hydrogen-bond acceptors (Lipinski definition) is 4.